The van der Waals surface area contributed by atoms with Gasteiger partial charge in [0.05, 0.1) is 6.10 Å². The van der Waals surface area contributed by atoms with E-state index in [1.807, 2.05) is 30.6 Å². The van der Waals surface area contributed by atoms with E-state index in [0.29, 0.717) is 23.0 Å². The van der Waals surface area contributed by atoms with Crippen molar-refractivity contribution in [3.05, 3.63) is 92.1 Å². The molecule has 2 aliphatic heterocycles. The SMILES string of the molecule is COC(Cc1ccccc1)CC1CCN(C[C@H]2CN(Cc3ccc(Cl)cc3Cl)C[C@@H]2c2ccsc2)CC1. The molecule has 0 saturated carbocycles. The van der Waals surface area contributed by atoms with Gasteiger partial charge < -0.3 is 9.64 Å². The fraction of sp³-hybridized carbons (Fsp3) is 0.484. The van der Waals surface area contributed by atoms with E-state index in [9.17, 15) is 0 Å². The van der Waals surface area contributed by atoms with Crippen LogP contribution in [0, 0.1) is 11.8 Å². The topological polar surface area (TPSA) is 15.7 Å². The normalized spacial score (nSPS) is 22.5. The van der Waals surface area contributed by atoms with Gasteiger partial charge in [0.25, 0.3) is 0 Å². The first kappa shape index (κ1) is 27.2. The van der Waals surface area contributed by atoms with Gasteiger partial charge in [-0.2, -0.15) is 11.3 Å². The summed E-state index contributed by atoms with van der Waals surface area (Å²) in [5.74, 6) is 1.98. The van der Waals surface area contributed by atoms with Gasteiger partial charge in [-0.1, -0.05) is 59.6 Å². The minimum atomic E-state index is 0.310. The van der Waals surface area contributed by atoms with Gasteiger partial charge in [-0.25, -0.2) is 0 Å². The molecule has 0 bridgehead atoms. The second-order valence-electron chi connectivity index (χ2n) is 10.9. The van der Waals surface area contributed by atoms with Crippen LogP contribution in [0.4, 0.5) is 0 Å². The second-order valence-corrected chi connectivity index (χ2v) is 12.5. The molecule has 3 aromatic rings. The lowest BCUT2D eigenvalue weighted by Crippen LogP contribution is -2.39. The third kappa shape index (κ3) is 7.38. The maximum Gasteiger partial charge on any atom is 0.0614 e. The molecule has 3 nitrogen and oxygen atoms in total. The zero-order valence-corrected chi connectivity index (χ0v) is 24.0. The number of halogens is 2. The van der Waals surface area contributed by atoms with Crippen molar-refractivity contribution in [3.8, 4) is 0 Å². The Morgan fingerprint density at radius 3 is 2.51 bits per heavy atom. The predicted octanol–water partition coefficient (Wildman–Crippen LogP) is 7.63. The lowest BCUT2D eigenvalue weighted by atomic mass is 9.87. The fourth-order valence-electron chi connectivity index (χ4n) is 6.28. The molecule has 0 amide bonds. The van der Waals surface area contributed by atoms with Crippen molar-refractivity contribution in [3.63, 3.8) is 0 Å². The van der Waals surface area contributed by atoms with Gasteiger partial charge in [0.1, 0.15) is 0 Å². The standard InChI is InChI=1S/C31H38Cl2N2OS/c1-36-29(15-23-5-3-2-4-6-23)16-24-9-12-34(13-10-24)19-27-20-35(21-30(27)26-11-14-37-22-26)18-25-7-8-28(32)17-31(25)33/h2-8,11,14,17,22,24,27,29-30H,9-10,12-13,15-16,18-21H2,1H3/t27-,29?,30+/m0/s1. The highest BCUT2D eigenvalue weighted by Gasteiger charge is 2.36. The molecule has 0 radical (unpaired) electrons. The molecule has 1 unspecified atom stereocenters. The van der Waals surface area contributed by atoms with E-state index >= 15 is 0 Å². The lowest BCUT2D eigenvalue weighted by Gasteiger charge is -2.35. The Morgan fingerprint density at radius 1 is 1.00 bits per heavy atom. The molecule has 1 aromatic heterocycles. The molecule has 2 saturated heterocycles. The molecule has 3 atom stereocenters. The summed E-state index contributed by atoms with van der Waals surface area (Å²) in [6, 6.07) is 19.0. The molecule has 2 aliphatic rings. The molecule has 0 aliphatic carbocycles. The van der Waals surface area contributed by atoms with Crippen LogP contribution in [0.3, 0.4) is 0 Å². The third-order valence-electron chi connectivity index (χ3n) is 8.33. The summed E-state index contributed by atoms with van der Waals surface area (Å²) in [6.45, 7) is 6.66. The average molecular weight is 558 g/mol. The van der Waals surface area contributed by atoms with Gasteiger partial charge in [0, 0.05) is 49.3 Å². The van der Waals surface area contributed by atoms with Crippen LogP contribution in [0.15, 0.2) is 65.4 Å². The lowest BCUT2D eigenvalue weighted by molar-refractivity contribution is 0.0621. The first-order valence-corrected chi connectivity index (χ1v) is 15.2. The predicted molar refractivity (Wildman–Crippen MR) is 157 cm³/mol. The van der Waals surface area contributed by atoms with E-state index in [1.54, 1.807) is 0 Å². The largest absolute Gasteiger partial charge is 0.381 e. The van der Waals surface area contributed by atoms with Crippen molar-refractivity contribution in [1.29, 1.82) is 0 Å². The molecular weight excluding hydrogens is 519 g/mol. The molecular formula is C31H38Cl2N2OS. The Kier molecular flexibility index (Phi) is 9.62. The Hall–Kier alpha value is -1.40. The number of ether oxygens (including phenoxy) is 1. The highest BCUT2D eigenvalue weighted by atomic mass is 35.5. The summed E-state index contributed by atoms with van der Waals surface area (Å²) >= 11 is 14.5. The summed E-state index contributed by atoms with van der Waals surface area (Å²) in [5, 5.41) is 6.04. The highest BCUT2D eigenvalue weighted by Crippen LogP contribution is 2.37. The van der Waals surface area contributed by atoms with Crippen LogP contribution in [-0.4, -0.2) is 55.7 Å². The van der Waals surface area contributed by atoms with Crippen molar-refractivity contribution in [2.24, 2.45) is 11.8 Å². The maximum atomic E-state index is 6.51. The quantitative estimate of drug-likeness (QED) is 0.255. The summed E-state index contributed by atoms with van der Waals surface area (Å²) in [7, 11) is 1.87. The van der Waals surface area contributed by atoms with Crippen molar-refractivity contribution in [2.45, 2.75) is 44.2 Å². The molecule has 2 aromatic carbocycles. The molecule has 2 fully saturated rings. The number of benzene rings is 2. The van der Waals surface area contributed by atoms with Crippen molar-refractivity contribution in [2.75, 3.05) is 39.8 Å². The minimum Gasteiger partial charge on any atom is -0.381 e. The van der Waals surface area contributed by atoms with Crippen molar-refractivity contribution in [1.82, 2.24) is 9.80 Å². The zero-order chi connectivity index (χ0) is 25.6. The van der Waals surface area contributed by atoms with Crippen LogP contribution in [0.1, 0.15) is 41.9 Å². The Balaban J connectivity index is 1.15. The molecule has 6 heteroatoms. The summed E-state index contributed by atoms with van der Waals surface area (Å²) in [4.78, 5) is 5.31. The van der Waals surface area contributed by atoms with Gasteiger partial charge in [-0.15, -0.1) is 0 Å². The maximum absolute atomic E-state index is 6.51. The zero-order valence-electron chi connectivity index (χ0n) is 21.7. The van der Waals surface area contributed by atoms with Crippen molar-refractivity contribution < 1.29 is 4.74 Å². The van der Waals surface area contributed by atoms with Gasteiger partial charge in [-0.3, -0.25) is 4.90 Å². The van der Waals surface area contributed by atoms with Crippen LogP contribution in [-0.2, 0) is 17.7 Å². The molecule has 0 N–H and O–H groups in total. The smallest absolute Gasteiger partial charge is 0.0614 e. The average Bonchev–Trinajstić information content (AvgIpc) is 3.57. The summed E-state index contributed by atoms with van der Waals surface area (Å²) < 4.78 is 5.89. The van der Waals surface area contributed by atoms with Crippen LogP contribution >= 0.6 is 34.5 Å². The Bertz CT molecular complexity index is 1100. The summed E-state index contributed by atoms with van der Waals surface area (Å²) in [6.07, 6.45) is 5.03. The number of hydrogen-bond acceptors (Lipinski definition) is 4. The summed E-state index contributed by atoms with van der Waals surface area (Å²) in [5.41, 5.74) is 4.04. The van der Waals surface area contributed by atoms with Crippen molar-refractivity contribution >= 4 is 34.5 Å². The first-order valence-electron chi connectivity index (χ1n) is 13.5. The Labute approximate surface area is 236 Å². The number of nitrogens with zero attached hydrogens (tertiary/aromatic N) is 2. The van der Waals surface area contributed by atoms with E-state index < -0.39 is 0 Å². The molecule has 198 valence electrons. The number of methoxy groups -OCH3 is 1. The van der Waals surface area contributed by atoms with Gasteiger partial charge in [-0.05, 0) is 96.3 Å². The Morgan fingerprint density at radius 2 is 1.81 bits per heavy atom. The number of rotatable bonds is 10. The number of hydrogen-bond donors (Lipinski definition) is 0. The van der Waals surface area contributed by atoms with Gasteiger partial charge in [0.15, 0.2) is 0 Å². The first-order chi connectivity index (χ1) is 18.1. The second kappa shape index (κ2) is 13.1. The third-order valence-corrected chi connectivity index (χ3v) is 9.62. The molecule has 37 heavy (non-hydrogen) atoms. The number of thiophene rings is 1. The fourth-order valence-corrected chi connectivity index (χ4v) is 7.47. The number of piperidine rings is 1. The van der Waals surface area contributed by atoms with E-state index in [0.717, 1.165) is 43.4 Å². The van der Waals surface area contributed by atoms with Gasteiger partial charge >= 0.3 is 0 Å². The molecule has 5 rings (SSSR count). The van der Waals surface area contributed by atoms with Crippen LogP contribution in [0.5, 0.6) is 0 Å². The van der Waals surface area contributed by atoms with Gasteiger partial charge in [0.2, 0.25) is 0 Å². The molecule has 0 spiro atoms. The van der Waals surface area contributed by atoms with E-state index in [-0.39, 0.29) is 0 Å². The van der Waals surface area contributed by atoms with E-state index in [1.165, 1.54) is 49.2 Å². The van der Waals surface area contributed by atoms with Crippen LogP contribution in [0.2, 0.25) is 10.0 Å². The van der Waals surface area contributed by atoms with Crippen LogP contribution < -0.4 is 0 Å². The van der Waals surface area contributed by atoms with E-state index in [2.05, 4.69) is 63.0 Å². The highest BCUT2D eigenvalue weighted by molar-refractivity contribution is 7.08. The number of likely N-dealkylation sites (tertiary alicyclic amines) is 2. The van der Waals surface area contributed by atoms with E-state index in [4.69, 9.17) is 27.9 Å². The van der Waals surface area contributed by atoms with Crippen LogP contribution in [0.25, 0.3) is 0 Å². The molecule has 3 heterocycles. The monoisotopic (exact) mass is 556 g/mol. The minimum absolute atomic E-state index is 0.310.